The molecule has 0 amide bonds. The number of pyridine rings is 2. The van der Waals surface area contributed by atoms with Crippen molar-refractivity contribution >= 4 is 43.6 Å². The van der Waals surface area contributed by atoms with Gasteiger partial charge in [-0.3, -0.25) is 28.2 Å². The molecule has 0 atom stereocenters. The lowest BCUT2D eigenvalue weighted by Crippen LogP contribution is -2.30. The van der Waals surface area contributed by atoms with E-state index < -0.39 is 0 Å². The van der Waals surface area contributed by atoms with Crippen molar-refractivity contribution in [1.82, 2.24) is 19.1 Å². The maximum atomic E-state index is 6.76. The molecule has 0 saturated carbocycles. The number of aromatic nitrogens is 6. The zero-order valence-electron chi connectivity index (χ0n) is 41.1. The summed E-state index contributed by atoms with van der Waals surface area (Å²) in [5.41, 5.74) is 11.4. The summed E-state index contributed by atoms with van der Waals surface area (Å²) in [4.78, 5) is 9.52. The highest BCUT2D eigenvalue weighted by atomic mass is 16.5. The molecule has 0 radical (unpaired) electrons. The first kappa shape index (κ1) is 44.3. The second kappa shape index (κ2) is 17.5. The molecule has 72 heavy (non-hydrogen) atoms. The molecular formula is C64H52N6O2. The zero-order chi connectivity index (χ0) is 49.1. The molecule has 4 aromatic heterocycles. The summed E-state index contributed by atoms with van der Waals surface area (Å²) in [7, 11) is 0. The lowest BCUT2D eigenvalue weighted by molar-refractivity contribution is -0.572. The van der Waals surface area contributed by atoms with Gasteiger partial charge in [0.2, 0.25) is 0 Å². The van der Waals surface area contributed by atoms with E-state index in [0.717, 1.165) is 55.9 Å². The molecule has 0 fully saturated rings. The highest BCUT2D eigenvalue weighted by Gasteiger charge is 2.22. The first-order chi connectivity index (χ1) is 34.9. The van der Waals surface area contributed by atoms with Crippen molar-refractivity contribution in [2.75, 3.05) is 0 Å². The van der Waals surface area contributed by atoms with E-state index in [1.807, 2.05) is 24.3 Å². The summed E-state index contributed by atoms with van der Waals surface area (Å²) in [6, 6.07) is 67.3. The minimum absolute atomic E-state index is 0.167. The van der Waals surface area contributed by atoms with Crippen LogP contribution in [0, 0.1) is 12.7 Å². The van der Waals surface area contributed by atoms with Gasteiger partial charge >= 0.3 is 0 Å². The Kier molecular flexibility index (Phi) is 10.8. The van der Waals surface area contributed by atoms with Gasteiger partial charge < -0.3 is 9.47 Å². The minimum atomic E-state index is -0.167. The Hall–Kier alpha value is -8.88. The predicted octanol–water partition coefficient (Wildman–Crippen LogP) is 14.7. The van der Waals surface area contributed by atoms with Gasteiger partial charge in [-0.15, -0.1) is 0 Å². The van der Waals surface area contributed by atoms with Crippen LogP contribution in [0.4, 0.5) is 0 Å². The van der Waals surface area contributed by atoms with Crippen LogP contribution in [0.25, 0.3) is 77.7 Å². The number of hydrogen-bond donors (Lipinski definition) is 0. The van der Waals surface area contributed by atoms with E-state index in [9.17, 15) is 0 Å². The van der Waals surface area contributed by atoms with Crippen LogP contribution in [0.2, 0.25) is 0 Å². The Bertz CT molecular complexity index is 3780. The van der Waals surface area contributed by atoms with Gasteiger partial charge in [-0.25, -0.2) is 0 Å². The van der Waals surface area contributed by atoms with E-state index in [2.05, 4.69) is 242 Å². The van der Waals surface area contributed by atoms with Crippen molar-refractivity contribution in [2.24, 2.45) is 0 Å². The van der Waals surface area contributed by atoms with Crippen LogP contribution < -0.4 is 18.6 Å². The number of benzene rings is 8. The predicted molar refractivity (Wildman–Crippen MR) is 287 cm³/mol. The average Bonchev–Trinajstić information content (AvgIpc) is 3.98. The van der Waals surface area contributed by atoms with Gasteiger partial charge in [0, 0.05) is 24.5 Å². The SMILES string of the molecule is CC(C)(C)c1cc(Oc2ccnc(-c3cc(Oc4cc(-[n+]5[c-]n(-c6ccc7ccccc7c6)c6ccccc65)cc(C(C)(C)C)c4)ccn3)c2)cc(-[n+]2[c-]n(-c3ccc4ccccc4c3)c3ccccc32)c1. The normalized spacial score (nSPS) is 12.0. The van der Waals surface area contributed by atoms with Crippen LogP contribution in [0.1, 0.15) is 52.7 Å². The molecule has 8 aromatic carbocycles. The topological polar surface area (TPSA) is 61.9 Å². The molecule has 0 aliphatic heterocycles. The van der Waals surface area contributed by atoms with Gasteiger partial charge in [0.15, 0.2) is 0 Å². The molecule has 4 heterocycles. The quantitative estimate of drug-likeness (QED) is 0.107. The Morgan fingerprint density at radius 3 is 1.22 bits per heavy atom. The van der Waals surface area contributed by atoms with Gasteiger partial charge in [0.05, 0.1) is 56.2 Å². The average molecular weight is 937 g/mol. The standard InChI is InChI=1S/C64H52N6O2/c1-63(2,3)47-33-51(69-41-67(59-19-11-13-21-61(59)69)49-25-23-43-15-7-9-17-45(43)31-49)37-55(35-47)71-53-27-29-65-57(39-53)58-40-54(28-30-66-58)72-56-36-48(64(4,5)6)34-52(38-56)70-42-68(60-20-12-14-22-62(60)70)50-26-24-44-16-8-10-18-46(44)32-50/h7-40H,1-6H3. The van der Waals surface area contributed by atoms with Gasteiger partial charge in [-0.2, -0.15) is 0 Å². The maximum Gasteiger partial charge on any atom is 0.269 e. The Morgan fingerprint density at radius 2 is 0.792 bits per heavy atom. The minimum Gasteiger partial charge on any atom is -0.458 e. The molecule has 0 N–H and O–H groups in total. The molecule has 0 bridgehead atoms. The Balaban J connectivity index is 0.860. The summed E-state index contributed by atoms with van der Waals surface area (Å²) in [6.07, 6.45) is 10.9. The molecule has 12 rings (SSSR count). The molecule has 0 spiro atoms. The number of ether oxygens (including phenoxy) is 2. The number of hydrogen-bond acceptors (Lipinski definition) is 4. The molecule has 12 aromatic rings. The molecule has 0 saturated heterocycles. The van der Waals surface area contributed by atoms with Crippen molar-refractivity contribution in [1.29, 1.82) is 0 Å². The van der Waals surface area contributed by atoms with E-state index in [1.165, 1.54) is 21.5 Å². The number of rotatable bonds is 9. The van der Waals surface area contributed by atoms with E-state index in [-0.39, 0.29) is 10.8 Å². The summed E-state index contributed by atoms with van der Waals surface area (Å²) < 4.78 is 22.0. The lowest BCUT2D eigenvalue weighted by Gasteiger charge is -2.22. The summed E-state index contributed by atoms with van der Waals surface area (Å²) in [5, 5.41) is 4.75. The van der Waals surface area contributed by atoms with E-state index >= 15 is 0 Å². The van der Waals surface area contributed by atoms with Crippen LogP contribution in [0.15, 0.2) is 207 Å². The third-order valence-corrected chi connectivity index (χ3v) is 13.3. The van der Waals surface area contributed by atoms with E-state index in [1.54, 1.807) is 12.4 Å². The van der Waals surface area contributed by atoms with Gasteiger partial charge in [0.25, 0.3) is 12.7 Å². The third kappa shape index (κ3) is 8.51. The smallest absolute Gasteiger partial charge is 0.269 e. The first-order valence-electron chi connectivity index (χ1n) is 24.4. The Morgan fingerprint density at radius 1 is 0.389 bits per heavy atom. The highest BCUT2D eigenvalue weighted by molar-refractivity contribution is 5.86. The first-order valence-corrected chi connectivity index (χ1v) is 24.4. The summed E-state index contributed by atoms with van der Waals surface area (Å²) >= 11 is 0. The van der Waals surface area contributed by atoms with Crippen molar-refractivity contribution in [2.45, 2.75) is 52.4 Å². The van der Waals surface area contributed by atoms with Gasteiger partial charge in [-0.1, -0.05) is 151 Å². The number of para-hydroxylation sites is 4. The Labute approximate surface area is 419 Å². The van der Waals surface area contributed by atoms with Crippen molar-refractivity contribution < 1.29 is 18.6 Å². The van der Waals surface area contributed by atoms with Crippen LogP contribution in [0.3, 0.4) is 0 Å². The lowest BCUT2D eigenvalue weighted by atomic mass is 9.86. The van der Waals surface area contributed by atoms with Crippen molar-refractivity contribution in [3.05, 3.63) is 230 Å². The fraction of sp³-hybridized carbons (Fsp3) is 0.125. The highest BCUT2D eigenvalue weighted by Crippen LogP contribution is 2.35. The number of nitrogens with zero attached hydrogens (tertiary/aromatic N) is 6. The van der Waals surface area contributed by atoms with E-state index in [0.29, 0.717) is 34.4 Å². The second-order valence-electron chi connectivity index (χ2n) is 20.5. The summed E-state index contributed by atoms with van der Waals surface area (Å²) in [6.45, 7) is 13.3. The molecule has 0 unspecified atom stereocenters. The van der Waals surface area contributed by atoms with Gasteiger partial charge in [0.1, 0.15) is 23.0 Å². The zero-order valence-corrected chi connectivity index (χ0v) is 41.1. The molecule has 0 aliphatic carbocycles. The van der Waals surface area contributed by atoms with Crippen molar-refractivity contribution in [3.63, 3.8) is 0 Å². The second-order valence-corrected chi connectivity index (χ2v) is 20.5. The largest absolute Gasteiger partial charge is 0.458 e. The molecular weight excluding hydrogens is 885 g/mol. The fourth-order valence-corrected chi connectivity index (χ4v) is 9.43. The number of imidazole rings is 2. The number of fused-ring (bicyclic) bond motifs is 4. The molecule has 8 heteroatoms. The maximum absolute atomic E-state index is 6.76. The van der Waals surface area contributed by atoms with Crippen LogP contribution in [-0.2, 0) is 10.8 Å². The van der Waals surface area contributed by atoms with Crippen LogP contribution in [-0.4, -0.2) is 19.1 Å². The van der Waals surface area contributed by atoms with Gasteiger partial charge in [-0.05, 0) is 116 Å². The third-order valence-electron chi connectivity index (χ3n) is 13.3. The summed E-state index contributed by atoms with van der Waals surface area (Å²) in [5.74, 6) is 2.67. The fourth-order valence-electron chi connectivity index (χ4n) is 9.43. The van der Waals surface area contributed by atoms with Crippen LogP contribution >= 0.6 is 0 Å². The van der Waals surface area contributed by atoms with Crippen LogP contribution in [0.5, 0.6) is 23.0 Å². The van der Waals surface area contributed by atoms with Crippen molar-refractivity contribution in [3.8, 4) is 57.1 Å². The molecule has 350 valence electrons. The molecule has 0 aliphatic rings. The van der Waals surface area contributed by atoms with E-state index in [4.69, 9.17) is 19.4 Å². The molecule has 8 nitrogen and oxygen atoms in total. The monoisotopic (exact) mass is 936 g/mol.